The number of hydrogen-bond acceptors (Lipinski definition) is 5. The third-order valence-electron chi connectivity index (χ3n) is 5.46. The van der Waals surface area contributed by atoms with Gasteiger partial charge in [0.25, 0.3) is 11.8 Å². The number of rotatable bonds is 7. The minimum absolute atomic E-state index is 0.180. The van der Waals surface area contributed by atoms with E-state index >= 15 is 0 Å². The molecule has 0 atom stereocenters. The second kappa shape index (κ2) is 11.1. The van der Waals surface area contributed by atoms with Crippen LogP contribution < -0.4 is 19.7 Å². The molecule has 9 heteroatoms. The Morgan fingerprint density at radius 1 is 0.972 bits per heavy atom. The van der Waals surface area contributed by atoms with Crippen LogP contribution >= 0.6 is 31.9 Å². The molecule has 0 radical (unpaired) electrons. The molecular weight excluding hydrogens is 592 g/mol. The van der Waals surface area contributed by atoms with Crippen molar-refractivity contribution >= 4 is 61.5 Å². The zero-order chi connectivity index (χ0) is 25.8. The fourth-order valence-electron chi connectivity index (χ4n) is 3.65. The van der Waals surface area contributed by atoms with Crippen molar-refractivity contribution in [2.75, 3.05) is 11.5 Å². The van der Waals surface area contributed by atoms with E-state index in [1.807, 2.05) is 38.1 Å². The Hall–Kier alpha value is -3.43. The Labute approximate surface area is 225 Å². The second-order valence-electron chi connectivity index (χ2n) is 7.91. The number of hydrogen-bond donors (Lipinski definition) is 1. The molecule has 3 aromatic carbocycles. The van der Waals surface area contributed by atoms with E-state index in [0.717, 1.165) is 20.5 Å². The van der Waals surface area contributed by atoms with Crippen LogP contribution in [0, 0.1) is 6.92 Å². The van der Waals surface area contributed by atoms with Gasteiger partial charge < -0.3 is 9.47 Å². The molecule has 1 heterocycles. The maximum Gasteiger partial charge on any atom is 0.335 e. The molecule has 1 saturated heterocycles. The van der Waals surface area contributed by atoms with Crippen LogP contribution in [0.1, 0.15) is 23.6 Å². The van der Waals surface area contributed by atoms with Crippen LogP contribution in [0.4, 0.5) is 10.5 Å². The number of barbiturate groups is 1. The molecule has 0 aliphatic carbocycles. The van der Waals surface area contributed by atoms with Gasteiger partial charge in [0.1, 0.15) is 12.2 Å². The number of nitrogens with one attached hydrogen (secondary N) is 1. The molecule has 4 rings (SSSR count). The Morgan fingerprint density at radius 3 is 2.39 bits per heavy atom. The molecule has 36 heavy (non-hydrogen) atoms. The summed E-state index contributed by atoms with van der Waals surface area (Å²) in [7, 11) is 0. The molecule has 0 unspecified atom stereocenters. The molecule has 0 spiro atoms. The summed E-state index contributed by atoms with van der Waals surface area (Å²) in [5.41, 5.74) is 2.84. The molecule has 184 valence electrons. The van der Waals surface area contributed by atoms with Gasteiger partial charge >= 0.3 is 6.03 Å². The van der Waals surface area contributed by atoms with Crippen LogP contribution in [0.5, 0.6) is 11.5 Å². The van der Waals surface area contributed by atoms with Crippen molar-refractivity contribution in [1.82, 2.24) is 5.32 Å². The van der Waals surface area contributed by atoms with Gasteiger partial charge in [0.05, 0.1) is 16.8 Å². The highest BCUT2D eigenvalue weighted by Crippen LogP contribution is 2.38. The topological polar surface area (TPSA) is 84.9 Å². The molecule has 4 amide bonds. The van der Waals surface area contributed by atoms with Crippen LogP contribution in [0.25, 0.3) is 6.08 Å². The zero-order valence-electron chi connectivity index (χ0n) is 19.5. The molecule has 7 nitrogen and oxygen atoms in total. The van der Waals surface area contributed by atoms with Gasteiger partial charge in [-0.05, 0) is 88.9 Å². The summed E-state index contributed by atoms with van der Waals surface area (Å²) in [6, 6.07) is 17.2. The summed E-state index contributed by atoms with van der Waals surface area (Å²) in [5.74, 6) is -0.530. The Bertz CT molecular complexity index is 1370. The molecule has 1 aliphatic rings. The lowest BCUT2D eigenvalue weighted by molar-refractivity contribution is -0.122. The summed E-state index contributed by atoms with van der Waals surface area (Å²) < 4.78 is 13.3. The smallest absolute Gasteiger partial charge is 0.335 e. The van der Waals surface area contributed by atoms with Gasteiger partial charge in [-0.1, -0.05) is 40.2 Å². The van der Waals surface area contributed by atoms with E-state index in [1.165, 1.54) is 6.08 Å². The van der Waals surface area contributed by atoms with E-state index in [1.54, 1.807) is 36.4 Å². The van der Waals surface area contributed by atoms with Crippen LogP contribution in [0.3, 0.4) is 0 Å². The van der Waals surface area contributed by atoms with E-state index in [4.69, 9.17) is 9.47 Å². The first-order valence-electron chi connectivity index (χ1n) is 11.1. The number of nitrogens with zero attached hydrogens (tertiary/aromatic N) is 1. The number of amides is 4. The highest BCUT2D eigenvalue weighted by atomic mass is 79.9. The Kier molecular flexibility index (Phi) is 7.91. The minimum atomic E-state index is -0.805. The van der Waals surface area contributed by atoms with E-state index < -0.39 is 17.8 Å². The molecule has 0 bridgehead atoms. The van der Waals surface area contributed by atoms with Gasteiger partial charge in [-0.15, -0.1) is 0 Å². The lowest BCUT2D eigenvalue weighted by Crippen LogP contribution is -2.54. The maximum absolute atomic E-state index is 13.2. The van der Waals surface area contributed by atoms with Gasteiger partial charge in [0.15, 0.2) is 11.5 Å². The van der Waals surface area contributed by atoms with Gasteiger partial charge in [-0.25, -0.2) is 9.69 Å². The predicted octanol–water partition coefficient (Wildman–Crippen LogP) is 6.16. The van der Waals surface area contributed by atoms with Gasteiger partial charge in [-0.3, -0.25) is 14.9 Å². The van der Waals surface area contributed by atoms with Crippen LogP contribution in [-0.4, -0.2) is 24.5 Å². The van der Waals surface area contributed by atoms with Gasteiger partial charge in [0.2, 0.25) is 0 Å². The van der Waals surface area contributed by atoms with Crippen molar-refractivity contribution in [1.29, 1.82) is 0 Å². The average molecular weight is 614 g/mol. The minimum Gasteiger partial charge on any atom is -0.490 e. The number of benzene rings is 3. The highest BCUT2D eigenvalue weighted by molar-refractivity contribution is 9.10. The average Bonchev–Trinajstić information content (AvgIpc) is 2.83. The normalized spacial score (nSPS) is 14.7. The molecule has 1 fully saturated rings. The molecule has 3 aromatic rings. The van der Waals surface area contributed by atoms with E-state index in [9.17, 15) is 14.4 Å². The SMILES string of the molecule is CCOc1cc(C=C2C(=O)NC(=O)N(c3ccc(Br)cc3)C2=O)cc(Br)c1OCc1ccccc1C. The van der Waals surface area contributed by atoms with Crippen molar-refractivity contribution in [3.05, 3.63) is 91.9 Å². The van der Waals surface area contributed by atoms with Gasteiger partial charge in [0, 0.05) is 4.47 Å². The highest BCUT2D eigenvalue weighted by Gasteiger charge is 2.36. The number of carbonyl (C=O) groups excluding carboxylic acids is 3. The summed E-state index contributed by atoms with van der Waals surface area (Å²) in [4.78, 5) is 39.1. The van der Waals surface area contributed by atoms with Crippen molar-refractivity contribution < 1.29 is 23.9 Å². The Morgan fingerprint density at radius 2 is 1.69 bits per heavy atom. The number of anilines is 1. The number of imide groups is 2. The summed E-state index contributed by atoms with van der Waals surface area (Å²) in [6.45, 7) is 4.60. The zero-order valence-corrected chi connectivity index (χ0v) is 22.7. The van der Waals surface area contributed by atoms with E-state index in [2.05, 4.69) is 37.2 Å². The number of carbonyl (C=O) groups is 3. The molecular formula is C27H22Br2N2O5. The maximum atomic E-state index is 13.2. The number of ether oxygens (including phenoxy) is 2. The van der Waals surface area contributed by atoms with Crippen molar-refractivity contribution in [3.8, 4) is 11.5 Å². The molecule has 0 saturated carbocycles. The summed E-state index contributed by atoms with van der Waals surface area (Å²) >= 11 is 6.86. The molecule has 1 N–H and O–H groups in total. The van der Waals surface area contributed by atoms with Gasteiger partial charge in [-0.2, -0.15) is 0 Å². The predicted molar refractivity (Wildman–Crippen MR) is 144 cm³/mol. The van der Waals surface area contributed by atoms with Crippen molar-refractivity contribution in [2.45, 2.75) is 20.5 Å². The van der Waals surface area contributed by atoms with E-state index in [0.29, 0.717) is 40.4 Å². The fourth-order valence-corrected chi connectivity index (χ4v) is 4.48. The number of urea groups is 1. The first-order chi connectivity index (χ1) is 17.3. The quantitative estimate of drug-likeness (QED) is 0.255. The molecule has 0 aromatic heterocycles. The van der Waals surface area contributed by atoms with Crippen LogP contribution in [0.15, 0.2) is 75.2 Å². The second-order valence-corrected chi connectivity index (χ2v) is 9.68. The van der Waals surface area contributed by atoms with Crippen molar-refractivity contribution in [3.63, 3.8) is 0 Å². The first kappa shape index (κ1) is 25.7. The third-order valence-corrected chi connectivity index (χ3v) is 6.58. The third kappa shape index (κ3) is 5.52. The number of halogens is 2. The lowest BCUT2D eigenvalue weighted by Gasteiger charge is -2.26. The largest absolute Gasteiger partial charge is 0.490 e. The summed E-state index contributed by atoms with van der Waals surface area (Å²) in [6.07, 6.45) is 1.42. The first-order valence-corrected chi connectivity index (χ1v) is 12.7. The standard InChI is InChI=1S/C27H22Br2N2O5/c1-3-35-23-14-17(13-22(29)24(23)36-15-18-7-5-4-6-16(18)2)12-21-25(32)30-27(34)31(26(21)33)20-10-8-19(28)9-11-20/h4-14H,3,15H2,1-2H3,(H,30,32,34). The van der Waals surface area contributed by atoms with E-state index in [-0.39, 0.29) is 5.57 Å². The summed E-state index contributed by atoms with van der Waals surface area (Å²) in [5, 5.41) is 2.23. The van der Waals surface area contributed by atoms with Crippen LogP contribution in [-0.2, 0) is 16.2 Å². The number of aryl methyl sites for hydroxylation is 1. The molecule has 1 aliphatic heterocycles. The van der Waals surface area contributed by atoms with Crippen molar-refractivity contribution in [2.24, 2.45) is 0 Å². The lowest BCUT2D eigenvalue weighted by atomic mass is 10.1. The van der Waals surface area contributed by atoms with Crippen LogP contribution in [0.2, 0.25) is 0 Å². The Balaban J connectivity index is 1.66. The fraction of sp³-hybridized carbons (Fsp3) is 0.148. The monoisotopic (exact) mass is 612 g/mol.